The van der Waals surface area contributed by atoms with Crippen molar-refractivity contribution < 1.29 is 9.53 Å². The third kappa shape index (κ3) is 6.01. The van der Waals surface area contributed by atoms with Crippen LogP contribution in [0.15, 0.2) is 78.9 Å². The van der Waals surface area contributed by atoms with E-state index in [0.29, 0.717) is 40.3 Å². The highest BCUT2D eigenvalue weighted by molar-refractivity contribution is 7.17. The number of pyridine rings is 1. The van der Waals surface area contributed by atoms with E-state index in [1.807, 2.05) is 61.5 Å². The van der Waals surface area contributed by atoms with Gasteiger partial charge in [0.2, 0.25) is 0 Å². The van der Waals surface area contributed by atoms with E-state index in [2.05, 4.69) is 63.3 Å². The topological polar surface area (TPSA) is 75.0 Å². The zero-order chi connectivity index (χ0) is 29.1. The van der Waals surface area contributed by atoms with Crippen molar-refractivity contribution in [1.82, 2.24) is 4.98 Å². The fourth-order valence-electron chi connectivity index (χ4n) is 4.81. The van der Waals surface area contributed by atoms with E-state index in [4.69, 9.17) is 9.72 Å². The lowest BCUT2D eigenvalue weighted by Crippen LogP contribution is -2.13. The van der Waals surface area contributed by atoms with E-state index in [9.17, 15) is 10.1 Å². The smallest absolute Gasteiger partial charge is 0.257 e. The summed E-state index contributed by atoms with van der Waals surface area (Å²) in [6.07, 6.45) is 0. The number of anilines is 1. The number of fused-ring (bicyclic) bond motifs is 1. The summed E-state index contributed by atoms with van der Waals surface area (Å²) in [5.74, 6) is 1.32. The predicted octanol–water partition coefficient (Wildman–Crippen LogP) is 9.22. The maximum Gasteiger partial charge on any atom is 0.257 e. The van der Waals surface area contributed by atoms with Crippen LogP contribution in [0.25, 0.3) is 33.3 Å². The molecule has 206 valence electrons. The number of aromatic nitrogens is 1. The summed E-state index contributed by atoms with van der Waals surface area (Å²) in [7, 11) is 0. The molecule has 0 aliphatic heterocycles. The van der Waals surface area contributed by atoms with Crippen molar-refractivity contribution in [2.24, 2.45) is 5.92 Å². The van der Waals surface area contributed by atoms with Crippen LogP contribution in [-0.4, -0.2) is 17.5 Å². The number of hydrogen-bond acceptors (Lipinski definition) is 5. The fourth-order valence-corrected chi connectivity index (χ4v) is 5.83. The monoisotopic (exact) mass is 559 g/mol. The Morgan fingerprint density at radius 3 is 2.44 bits per heavy atom. The van der Waals surface area contributed by atoms with Crippen molar-refractivity contribution in [3.05, 3.63) is 100 Å². The van der Waals surface area contributed by atoms with Gasteiger partial charge in [-0.3, -0.25) is 4.79 Å². The average molecular weight is 560 g/mol. The normalized spacial score (nSPS) is 11.2. The van der Waals surface area contributed by atoms with Gasteiger partial charge in [0.1, 0.15) is 16.8 Å². The first-order chi connectivity index (χ1) is 19.7. The molecule has 0 atom stereocenters. The highest BCUT2D eigenvalue weighted by atomic mass is 32.1. The Balaban J connectivity index is 1.52. The van der Waals surface area contributed by atoms with E-state index in [1.54, 1.807) is 0 Å². The van der Waals surface area contributed by atoms with E-state index in [1.165, 1.54) is 16.9 Å². The van der Waals surface area contributed by atoms with Gasteiger partial charge in [0.15, 0.2) is 0 Å². The molecular formula is C35H33N3O2S. The van der Waals surface area contributed by atoms with E-state index < -0.39 is 0 Å². The number of amides is 1. The van der Waals surface area contributed by atoms with Gasteiger partial charge in [-0.1, -0.05) is 82.3 Å². The SMILES string of the molecule is Cc1sc(NC(=O)c2cc(-c3cccc(OCC(C)C)c3)nc3ccccc23)c(C#N)c1-c1ccc(C(C)C)cc1. The summed E-state index contributed by atoms with van der Waals surface area (Å²) in [6, 6.07) is 27.9. The fraction of sp³-hybridized carbons (Fsp3) is 0.229. The van der Waals surface area contributed by atoms with Crippen molar-refractivity contribution in [3.63, 3.8) is 0 Å². The van der Waals surface area contributed by atoms with Crippen molar-refractivity contribution in [3.8, 4) is 34.2 Å². The van der Waals surface area contributed by atoms with Crippen LogP contribution >= 0.6 is 11.3 Å². The minimum absolute atomic E-state index is 0.281. The van der Waals surface area contributed by atoms with Crippen molar-refractivity contribution in [2.75, 3.05) is 11.9 Å². The Hall–Kier alpha value is -4.47. The lowest BCUT2D eigenvalue weighted by Gasteiger charge is -2.12. The Labute approximate surface area is 245 Å². The Bertz CT molecular complexity index is 1760. The number of carbonyl (C=O) groups excluding carboxylic acids is 1. The molecule has 5 nitrogen and oxygen atoms in total. The molecule has 0 unspecified atom stereocenters. The molecule has 0 spiro atoms. The van der Waals surface area contributed by atoms with Crippen LogP contribution in [-0.2, 0) is 0 Å². The molecule has 0 bridgehead atoms. The second kappa shape index (κ2) is 12.0. The average Bonchev–Trinajstić information content (AvgIpc) is 3.29. The Morgan fingerprint density at radius 1 is 0.976 bits per heavy atom. The highest BCUT2D eigenvalue weighted by Gasteiger charge is 2.21. The zero-order valence-corrected chi connectivity index (χ0v) is 24.8. The maximum atomic E-state index is 13.8. The van der Waals surface area contributed by atoms with Crippen LogP contribution in [0.4, 0.5) is 5.00 Å². The Kier molecular flexibility index (Phi) is 8.19. The molecule has 41 heavy (non-hydrogen) atoms. The molecule has 0 fully saturated rings. The summed E-state index contributed by atoms with van der Waals surface area (Å²) in [4.78, 5) is 19.7. The van der Waals surface area contributed by atoms with Crippen LogP contribution in [0.1, 0.15) is 60.0 Å². The molecule has 0 aliphatic rings. The van der Waals surface area contributed by atoms with Crippen LogP contribution in [0, 0.1) is 24.2 Å². The first kappa shape index (κ1) is 28.1. The molecule has 0 saturated heterocycles. The van der Waals surface area contributed by atoms with Gasteiger partial charge >= 0.3 is 0 Å². The van der Waals surface area contributed by atoms with Gasteiger partial charge in [0, 0.05) is 21.4 Å². The van der Waals surface area contributed by atoms with Crippen LogP contribution in [0.5, 0.6) is 5.75 Å². The molecule has 3 aromatic carbocycles. The van der Waals surface area contributed by atoms with Crippen LogP contribution in [0.3, 0.4) is 0 Å². The van der Waals surface area contributed by atoms with Crippen molar-refractivity contribution in [1.29, 1.82) is 5.26 Å². The van der Waals surface area contributed by atoms with Gasteiger partial charge < -0.3 is 10.1 Å². The quantitative estimate of drug-likeness (QED) is 0.206. The first-order valence-corrected chi connectivity index (χ1v) is 14.6. The second-order valence-corrected chi connectivity index (χ2v) is 12.1. The number of carbonyl (C=O) groups is 1. The zero-order valence-electron chi connectivity index (χ0n) is 24.0. The Morgan fingerprint density at radius 2 is 1.73 bits per heavy atom. The highest BCUT2D eigenvalue weighted by Crippen LogP contribution is 2.40. The number of ether oxygens (including phenoxy) is 1. The third-order valence-corrected chi connectivity index (χ3v) is 7.98. The minimum atomic E-state index is -0.281. The van der Waals surface area contributed by atoms with Crippen molar-refractivity contribution in [2.45, 2.75) is 40.5 Å². The maximum absolute atomic E-state index is 13.8. The molecule has 1 amide bonds. The summed E-state index contributed by atoms with van der Waals surface area (Å²) in [5, 5.41) is 14.5. The molecule has 2 heterocycles. The molecular weight excluding hydrogens is 526 g/mol. The molecule has 5 aromatic rings. The third-order valence-electron chi connectivity index (χ3n) is 6.96. The summed E-state index contributed by atoms with van der Waals surface area (Å²) in [6.45, 7) is 11.1. The lowest BCUT2D eigenvalue weighted by molar-refractivity contribution is 0.102. The number of rotatable bonds is 8. The van der Waals surface area contributed by atoms with Crippen molar-refractivity contribution >= 4 is 33.1 Å². The van der Waals surface area contributed by atoms with Gasteiger partial charge in [-0.2, -0.15) is 5.26 Å². The number of thiophene rings is 1. The van der Waals surface area contributed by atoms with Gasteiger partial charge in [0.05, 0.1) is 28.9 Å². The summed E-state index contributed by atoms with van der Waals surface area (Å²) < 4.78 is 5.93. The van der Waals surface area contributed by atoms with Gasteiger partial charge in [-0.25, -0.2) is 4.98 Å². The van der Waals surface area contributed by atoms with E-state index in [-0.39, 0.29) is 5.91 Å². The number of nitriles is 1. The second-order valence-electron chi connectivity index (χ2n) is 10.9. The molecule has 0 aliphatic carbocycles. The molecule has 2 aromatic heterocycles. The minimum Gasteiger partial charge on any atom is -0.493 e. The summed E-state index contributed by atoms with van der Waals surface area (Å²) >= 11 is 1.42. The number of nitrogens with one attached hydrogen (secondary N) is 1. The standard InChI is InChI=1S/C35H33N3O2S/c1-21(2)20-40-27-10-8-9-26(17-27)32-18-29(28-11-6-7-12-31(28)37-32)34(39)38-35-30(19-36)33(23(5)41-35)25-15-13-24(14-16-25)22(3)4/h6-18,21-22H,20H2,1-5H3,(H,38,39). The van der Waals surface area contributed by atoms with Crippen LogP contribution in [0.2, 0.25) is 0 Å². The molecule has 5 rings (SSSR count). The summed E-state index contributed by atoms with van der Waals surface area (Å²) in [5.41, 5.74) is 6.31. The van der Waals surface area contributed by atoms with Gasteiger partial charge in [0.25, 0.3) is 5.91 Å². The van der Waals surface area contributed by atoms with E-state index in [0.717, 1.165) is 38.2 Å². The predicted molar refractivity (Wildman–Crippen MR) is 169 cm³/mol. The lowest BCUT2D eigenvalue weighted by atomic mass is 9.97. The number of benzene rings is 3. The molecule has 0 saturated carbocycles. The number of aryl methyl sites for hydroxylation is 1. The van der Waals surface area contributed by atoms with Crippen LogP contribution < -0.4 is 10.1 Å². The molecule has 1 N–H and O–H groups in total. The van der Waals surface area contributed by atoms with Gasteiger partial charge in [-0.15, -0.1) is 11.3 Å². The van der Waals surface area contributed by atoms with Gasteiger partial charge in [-0.05, 0) is 54.2 Å². The largest absolute Gasteiger partial charge is 0.493 e. The molecule has 6 heteroatoms. The molecule has 0 radical (unpaired) electrons. The number of para-hydroxylation sites is 1. The first-order valence-electron chi connectivity index (χ1n) is 13.8. The number of hydrogen-bond donors (Lipinski definition) is 1. The van der Waals surface area contributed by atoms with E-state index >= 15 is 0 Å². The number of nitrogens with zero attached hydrogens (tertiary/aromatic N) is 2.